The van der Waals surface area contributed by atoms with Crippen molar-refractivity contribution in [3.63, 3.8) is 0 Å². The van der Waals surface area contributed by atoms with E-state index in [2.05, 4.69) is 13.8 Å². The first kappa shape index (κ1) is 28.3. The molecule has 0 bridgehead atoms. The van der Waals surface area contributed by atoms with E-state index < -0.39 is 12.3 Å². The largest absolute Gasteiger partial charge is 0.514 e. The van der Waals surface area contributed by atoms with Gasteiger partial charge < -0.3 is 23.7 Å². The lowest BCUT2D eigenvalue weighted by Crippen LogP contribution is -2.17. The highest BCUT2D eigenvalue weighted by Crippen LogP contribution is 2.42. The number of benzene rings is 2. The molecule has 0 heterocycles. The number of carbonyl (C=O) groups excluding carboxylic acids is 2. The highest BCUT2D eigenvalue weighted by Gasteiger charge is 2.21. The van der Waals surface area contributed by atoms with E-state index in [-0.39, 0.29) is 35.7 Å². The maximum atomic E-state index is 12.5. The van der Waals surface area contributed by atoms with E-state index >= 15 is 0 Å². The Labute approximate surface area is 209 Å². The quantitative estimate of drug-likeness (QED) is 0.197. The monoisotopic (exact) mass is 488 g/mol. The van der Waals surface area contributed by atoms with Crippen LogP contribution in [-0.4, -0.2) is 32.1 Å². The zero-order valence-electron chi connectivity index (χ0n) is 21.8. The predicted molar refractivity (Wildman–Crippen MR) is 136 cm³/mol. The second-order valence-electron chi connectivity index (χ2n) is 9.00. The van der Waals surface area contributed by atoms with Crippen LogP contribution in [0, 0.1) is 11.8 Å². The van der Waals surface area contributed by atoms with Crippen LogP contribution >= 0.6 is 0 Å². The lowest BCUT2D eigenvalue weighted by molar-refractivity contribution is 0.0824. The fraction of sp³-hybridized carbons (Fsp3) is 0.571. The Morgan fingerprint density at radius 3 is 1.86 bits per heavy atom. The molecule has 0 saturated carbocycles. The van der Waals surface area contributed by atoms with Gasteiger partial charge in [0.15, 0.2) is 11.5 Å². The topological polar surface area (TPSA) is 80.3 Å². The van der Waals surface area contributed by atoms with Gasteiger partial charge in [0.05, 0.1) is 19.8 Å². The number of rotatable bonds is 14. The van der Waals surface area contributed by atoms with Gasteiger partial charge in [0.2, 0.25) is 0 Å². The van der Waals surface area contributed by atoms with Gasteiger partial charge in [-0.15, -0.1) is 0 Å². The van der Waals surface area contributed by atoms with Crippen molar-refractivity contribution < 1.29 is 33.3 Å². The zero-order chi connectivity index (χ0) is 25.6. The number of fused-ring (bicyclic) bond motifs is 1. The van der Waals surface area contributed by atoms with Crippen LogP contribution in [-0.2, 0) is 9.47 Å². The Morgan fingerprint density at radius 1 is 0.771 bits per heavy atom. The summed E-state index contributed by atoms with van der Waals surface area (Å²) in [5.74, 6) is 1.27. The van der Waals surface area contributed by atoms with Crippen molar-refractivity contribution in [1.29, 1.82) is 0 Å². The first-order valence-electron chi connectivity index (χ1n) is 12.8. The van der Waals surface area contributed by atoms with Crippen LogP contribution < -0.4 is 14.2 Å². The fourth-order valence-electron chi connectivity index (χ4n) is 3.67. The van der Waals surface area contributed by atoms with Gasteiger partial charge in [0, 0.05) is 16.8 Å². The molecule has 0 radical (unpaired) electrons. The van der Waals surface area contributed by atoms with Crippen molar-refractivity contribution in [2.45, 2.75) is 73.1 Å². The molecule has 194 valence electrons. The molecular formula is C28H40O7. The molecule has 2 atom stereocenters. The molecule has 0 fully saturated rings. The molecular weight excluding hydrogens is 448 g/mol. The third-order valence-corrected chi connectivity index (χ3v) is 5.67. The molecule has 7 nitrogen and oxygen atoms in total. The van der Waals surface area contributed by atoms with Gasteiger partial charge in [-0.05, 0) is 31.6 Å². The Morgan fingerprint density at radius 2 is 1.31 bits per heavy atom. The molecule has 0 aromatic heterocycles. The molecule has 0 aliphatic rings. The summed E-state index contributed by atoms with van der Waals surface area (Å²) in [6.45, 7) is 11.1. The normalized spacial score (nSPS) is 12.6. The Hall–Kier alpha value is -2.96. The number of ether oxygens (including phenoxy) is 5. The van der Waals surface area contributed by atoms with Crippen molar-refractivity contribution >= 4 is 23.1 Å². The van der Waals surface area contributed by atoms with Crippen LogP contribution in [0.2, 0.25) is 0 Å². The van der Waals surface area contributed by atoms with Gasteiger partial charge in [0.1, 0.15) is 5.75 Å². The fourth-order valence-corrected chi connectivity index (χ4v) is 3.67. The average molecular weight is 489 g/mol. The first-order chi connectivity index (χ1) is 16.9. The summed E-state index contributed by atoms with van der Waals surface area (Å²) in [4.78, 5) is 24.9. The summed E-state index contributed by atoms with van der Waals surface area (Å²) in [6, 6.07) is 8.71. The van der Waals surface area contributed by atoms with E-state index in [0.29, 0.717) is 24.0 Å². The first-order valence-corrected chi connectivity index (χ1v) is 12.8. The molecule has 0 saturated heterocycles. The van der Waals surface area contributed by atoms with E-state index in [9.17, 15) is 9.59 Å². The van der Waals surface area contributed by atoms with E-state index in [1.807, 2.05) is 26.8 Å². The van der Waals surface area contributed by atoms with Gasteiger partial charge >= 0.3 is 12.3 Å². The molecule has 2 rings (SSSR count). The van der Waals surface area contributed by atoms with Crippen LogP contribution in [0.3, 0.4) is 0 Å². The third-order valence-electron chi connectivity index (χ3n) is 5.67. The van der Waals surface area contributed by atoms with Crippen molar-refractivity contribution in [2.75, 3.05) is 19.8 Å². The van der Waals surface area contributed by atoms with Gasteiger partial charge in [0.25, 0.3) is 0 Å². The summed E-state index contributed by atoms with van der Waals surface area (Å²) in [6.07, 6.45) is 4.75. The number of hydrogen-bond donors (Lipinski definition) is 0. The highest BCUT2D eigenvalue weighted by molar-refractivity contribution is 5.97. The third kappa shape index (κ3) is 9.30. The minimum absolute atomic E-state index is 0.225. The van der Waals surface area contributed by atoms with Crippen LogP contribution in [0.4, 0.5) is 9.59 Å². The van der Waals surface area contributed by atoms with Crippen LogP contribution in [0.25, 0.3) is 10.8 Å². The van der Waals surface area contributed by atoms with Crippen molar-refractivity contribution in [1.82, 2.24) is 0 Å². The van der Waals surface area contributed by atoms with Crippen molar-refractivity contribution in [3.05, 3.63) is 30.3 Å². The average Bonchev–Trinajstić information content (AvgIpc) is 2.85. The maximum Gasteiger partial charge on any atom is 0.514 e. The molecule has 2 aromatic carbocycles. The lowest BCUT2D eigenvalue weighted by Gasteiger charge is -2.17. The van der Waals surface area contributed by atoms with Gasteiger partial charge in [-0.2, -0.15) is 0 Å². The van der Waals surface area contributed by atoms with Crippen LogP contribution in [0.15, 0.2) is 30.3 Å². The maximum absolute atomic E-state index is 12.5. The zero-order valence-corrected chi connectivity index (χ0v) is 21.8. The smallest absolute Gasteiger partial charge is 0.490 e. The van der Waals surface area contributed by atoms with Crippen molar-refractivity contribution in [3.8, 4) is 17.2 Å². The Kier molecular flexibility index (Phi) is 12.2. The van der Waals surface area contributed by atoms with E-state index in [1.165, 1.54) is 0 Å². The minimum atomic E-state index is -0.798. The molecule has 2 unspecified atom stereocenters. The lowest BCUT2D eigenvalue weighted by atomic mass is 10.1. The van der Waals surface area contributed by atoms with Crippen molar-refractivity contribution in [2.24, 2.45) is 11.8 Å². The summed E-state index contributed by atoms with van der Waals surface area (Å²) >= 11 is 0. The van der Waals surface area contributed by atoms with E-state index in [0.717, 1.165) is 38.5 Å². The summed E-state index contributed by atoms with van der Waals surface area (Å²) in [5, 5.41) is 1.15. The number of carbonyl (C=O) groups is 2. The van der Waals surface area contributed by atoms with Crippen LogP contribution in [0.1, 0.15) is 73.1 Å². The van der Waals surface area contributed by atoms with E-state index in [1.54, 1.807) is 24.3 Å². The molecule has 0 aliphatic heterocycles. The molecule has 0 amide bonds. The predicted octanol–water partition coefficient (Wildman–Crippen LogP) is 7.92. The molecule has 2 aromatic rings. The Bertz CT molecular complexity index is 940. The Balaban J connectivity index is 2.19. The summed E-state index contributed by atoms with van der Waals surface area (Å²) in [7, 11) is 0. The van der Waals surface area contributed by atoms with Gasteiger partial charge in [-0.25, -0.2) is 9.59 Å². The molecule has 0 aliphatic carbocycles. The SMILES string of the molecule is CCCCC(C)COC(=O)Oc1cc(OCC)c(OC(=O)OCC(C)CCCC)c2ccccc12. The highest BCUT2D eigenvalue weighted by atomic mass is 16.7. The molecule has 35 heavy (non-hydrogen) atoms. The minimum Gasteiger partial charge on any atom is -0.490 e. The number of hydrogen-bond acceptors (Lipinski definition) is 7. The standard InChI is InChI=1S/C28H40O7/c1-6-9-13-20(4)18-32-27(29)34-24-17-25(31-8-3)26(23-16-12-11-15-22(23)24)35-28(30)33-19-21(5)14-10-7-2/h11-12,15-17,20-21H,6-10,13-14,18-19H2,1-5H3. The number of unbranched alkanes of at least 4 members (excludes halogenated alkanes) is 2. The molecule has 7 heteroatoms. The summed E-state index contributed by atoms with van der Waals surface area (Å²) in [5.41, 5.74) is 0. The molecule has 0 N–H and O–H groups in total. The van der Waals surface area contributed by atoms with Gasteiger partial charge in [-0.1, -0.05) is 77.6 Å². The molecule has 0 spiro atoms. The second-order valence-corrected chi connectivity index (χ2v) is 9.00. The van der Waals surface area contributed by atoms with E-state index in [4.69, 9.17) is 23.7 Å². The van der Waals surface area contributed by atoms with Gasteiger partial charge in [-0.3, -0.25) is 0 Å². The second kappa shape index (κ2) is 15.1. The van der Waals surface area contributed by atoms with Crippen LogP contribution in [0.5, 0.6) is 17.2 Å². The summed E-state index contributed by atoms with van der Waals surface area (Å²) < 4.78 is 27.5.